The Bertz CT molecular complexity index is 841. The molecular weight excluding hydrogens is 376 g/mol. The summed E-state index contributed by atoms with van der Waals surface area (Å²) in [4.78, 5) is 36.7. The average molecular weight is 409 g/mol. The number of hydrogen-bond acceptors (Lipinski definition) is 3. The zero-order valence-electron chi connectivity index (χ0n) is 17.8. The fourth-order valence-electron chi connectivity index (χ4n) is 5.17. The Balaban J connectivity index is 1.25. The number of H-pyrrole nitrogens is 1. The van der Waals surface area contributed by atoms with Gasteiger partial charge in [-0.1, -0.05) is 30.3 Å². The zero-order chi connectivity index (χ0) is 21.0. The summed E-state index contributed by atoms with van der Waals surface area (Å²) in [6.45, 7) is 2.30. The first-order chi connectivity index (χ1) is 14.5. The normalized spacial score (nSPS) is 20.4. The fourth-order valence-corrected chi connectivity index (χ4v) is 5.17. The van der Waals surface area contributed by atoms with Gasteiger partial charge < -0.3 is 14.8 Å². The molecule has 2 fully saturated rings. The van der Waals surface area contributed by atoms with Gasteiger partial charge in [-0.25, -0.2) is 4.98 Å². The number of aromatic nitrogens is 2. The van der Waals surface area contributed by atoms with E-state index in [2.05, 4.69) is 22.1 Å². The molecule has 1 spiro atoms. The Morgan fingerprint density at radius 3 is 2.67 bits per heavy atom. The van der Waals surface area contributed by atoms with Crippen LogP contribution in [0.1, 0.15) is 49.9 Å². The molecule has 2 aromatic rings. The van der Waals surface area contributed by atoms with E-state index in [0.717, 1.165) is 51.0 Å². The maximum atomic E-state index is 13.0. The smallest absolute Gasteiger partial charge is 0.225 e. The van der Waals surface area contributed by atoms with Gasteiger partial charge in [-0.05, 0) is 43.1 Å². The molecule has 1 saturated heterocycles. The first kappa shape index (κ1) is 20.6. The van der Waals surface area contributed by atoms with Crippen LogP contribution < -0.4 is 0 Å². The largest absolute Gasteiger partial charge is 0.349 e. The van der Waals surface area contributed by atoms with E-state index in [1.807, 2.05) is 35.0 Å². The van der Waals surface area contributed by atoms with Crippen LogP contribution in [0.15, 0.2) is 42.7 Å². The highest BCUT2D eigenvalue weighted by Gasteiger charge is 2.44. The van der Waals surface area contributed by atoms with Crippen molar-refractivity contribution in [1.29, 1.82) is 0 Å². The molecule has 2 heterocycles. The summed E-state index contributed by atoms with van der Waals surface area (Å²) in [5, 5.41) is 0. The molecule has 6 nitrogen and oxygen atoms in total. The number of amides is 2. The fraction of sp³-hybridized carbons (Fsp3) is 0.542. The van der Waals surface area contributed by atoms with Crippen LogP contribution >= 0.6 is 0 Å². The third kappa shape index (κ3) is 4.74. The number of aryl methyl sites for hydroxylation is 1. The summed E-state index contributed by atoms with van der Waals surface area (Å²) in [5.74, 6) is 1.48. The molecule has 1 N–H and O–H groups in total. The second-order valence-corrected chi connectivity index (χ2v) is 9.04. The van der Waals surface area contributed by atoms with Crippen LogP contribution in [-0.2, 0) is 22.6 Å². The molecule has 0 radical (unpaired) electrons. The van der Waals surface area contributed by atoms with Gasteiger partial charge in [-0.2, -0.15) is 0 Å². The quantitative estimate of drug-likeness (QED) is 0.796. The molecule has 0 bridgehead atoms. The first-order valence-corrected chi connectivity index (χ1v) is 11.1. The Kier molecular flexibility index (Phi) is 6.21. The summed E-state index contributed by atoms with van der Waals surface area (Å²) in [5.41, 5.74) is 1.41. The Labute approximate surface area is 178 Å². The molecule has 2 aliphatic rings. The number of imidazole rings is 1. The topological polar surface area (TPSA) is 69.3 Å². The Morgan fingerprint density at radius 2 is 1.97 bits per heavy atom. The summed E-state index contributed by atoms with van der Waals surface area (Å²) >= 11 is 0. The lowest BCUT2D eigenvalue weighted by Gasteiger charge is -2.39. The highest BCUT2D eigenvalue weighted by atomic mass is 16.2. The molecule has 1 aromatic carbocycles. The average Bonchev–Trinajstić information content (AvgIpc) is 3.43. The molecule has 1 aliphatic carbocycles. The predicted molar refractivity (Wildman–Crippen MR) is 115 cm³/mol. The van der Waals surface area contributed by atoms with Crippen LogP contribution in [0.4, 0.5) is 0 Å². The van der Waals surface area contributed by atoms with Crippen molar-refractivity contribution in [2.24, 2.45) is 11.3 Å². The zero-order valence-corrected chi connectivity index (χ0v) is 17.8. The molecule has 1 saturated carbocycles. The number of rotatable bonds is 6. The second kappa shape index (κ2) is 9.02. The Morgan fingerprint density at radius 1 is 1.20 bits per heavy atom. The standard InChI is InChI=1S/C24H32N4O2/c1-27(18-19-5-3-2-4-6-19)23(30)20-9-10-24(17-20)11-15-28(16-12-24)22(29)8-7-21-25-13-14-26-21/h2-6,13-14,20H,7-12,15-18H2,1H3,(H,25,26). The molecule has 1 unspecified atom stereocenters. The van der Waals surface area contributed by atoms with Gasteiger partial charge in [-0.3, -0.25) is 9.59 Å². The third-order valence-electron chi connectivity index (χ3n) is 7.00. The van der Waals surface area contributed by atoms with E-state index < -0.39 is 0 Å². The second-order valence-electron chi connectivity index (χ2n) is 9.04. The minimum absolute atomic E-state index is 0.125. The van der Waals surface area contributed by atoms with Gasteiger partial charge in [0.2, 0.25) is 11.8 Å². The van der Waals surface area contributed by atoms with Crippen molar-refractivity contribution in [1.82, 2.24) is 19.8 Å². The van der Waals surface area contributed by atoms with Crippen molar-refractivity contribution < 1.29 is 9.59 Å². The van der Waals surface area contributed by atoms with Crippen molar-refractivity contribution in [2.45, 2.75) is 51.5 Å². The highest BCUT2D eigenvalue weighted by Crippen LogP contribution is 2.49. The molecule has 1 aliphatic heterocycles. The van der Waals surface area contributed by atoms with E-state index in [4.69, 9.17) is 0 Å². The van der Waals surface area contributed by atoms with Crippen LogP contribution in [0, 0.1) is 11.3 Å². The van der Waals surface area contributed by atoms with Gasteiger partial charge in [0.1, 0.15) is 5.82 Å². The number of carbonyl (C=O) groups excluding carboxylic acids is 2. The van der Waals surface area contributed by atoms with Crippen molar-refractivity contribution in [2.75, 3.05) is 20.1 Å². The maximum Gasteiger partial charge on any atom is 0.225 e. The third-order valence-corrected chi connectivity index (χ3v) is 7.00. The van der Waals surface area contributed by atoms with Crippen molar-refractivity contribution in [3.05, 3.63) is 54.1 Å². The predicted octanol–water partition coefficient (Wildman–Crippen LogP) is 3.41. The lowest BCUT2D eigenvalue weighted by Crippen LogP contribution is -2.42. The molecule has 1 aromatic heterocycles. The van der Waals surface area contributed by atoms with Gasteiger partial charge >= 0.3 is 0 Å². The van der Waals surface area contributed by atoms with Gasteiger partial charge in [0.05, 0.1) is 0 Å². The summed E-state index contributed by atoms with van der Waals surface area (Å²) in [7, 11) is 1.92. The molecule has 30 heavy (non-hydrogen) atoms. The van der Waals surface area contributed by atoms with Crippen LogP contribution in [0.3, 0.4) is 0 Å². The summed E-state index contributed by atoms with van der Waals surface area (Å²) < 4.78 is 0. The van der Waals surface area contributed by atoms with Gasteiger partial charge in [-0.15, -0.1) is 0 Å². The lowest BCUT2D eigenvalue weighted by atomic mass is 9.76. The number of hydrogen-bond donors (Lipinski definition) is 1. The van der Waals surface area contributed by atoms with Crippen molar-refractivity contribution in [3.63, 3.8) is 0 Å². The molecule has 4 rings (SSSR count). The monoisotopic (exact) mass is 408 g/mol. The first-order valence-electron chi connectivity index (χ1n) is 11.1. The molecule has 160 valence electrons. The number of nitrogens with zero attached hydrogens (tertiary/aromatic N) is 3. The number of nitrogens with one attached hydrogen (secondary N) is 1. The van der Waals surface area contributed by atoms with Crippen LogP contribution in [-0.4, -0.2) is 51.7 Å². The van der Waals surface area contributed by atoms with Crippen molar-refractivity contribution in [3.8, 4) is 0 Å². The van der Waals surface area contributed by atoms with Crippen LogP contribution in [0.2, 0.25) is 0 Å². The number of aromatic amines is 1. The van der Waals surface area contributed by atoms with E-state index in [0.29, 0.717) is 19.4 Å². The van der Waals surface area contributed by atoms with E-state index in [1.165, 1.54) is 5.56 Å². The molecule has 6 heteroatoms. The van der Waals surface area contributed by atoms with Crippen LogP contribution in [0.5, 0.6) is 0 Å². The van der Waals surface area contributed by atoms with Gasteiger partial charge in [0.25, 0.3) is 0 Å². The van der Waals surface area contributed by atoms with Gasteiger partial charge in [0.15, 0.2) is 0 Å². The highest BCUT2D eigenvalue weighted by molar-refractivity contribution is 5.79. The lowest BCUT2D eigenvalue weighted by molar-refractivity contribution is -0.136. The molecule has 1 atom stereocenters. The molecular formula is C24H32N4O2. The summed E-state index contributed by atoms with van der Waals surface area (Å²) in [6, 6.07) is 10.2. The number of likely N-dealkylation sites (tertiary alicyclic amines) is 1. The van der Waals surface area contributed by atoms with E-state index in [9.17, 15) is 9.59 Å². The SMILES string of the molecule is CN(Cc1ccccc1)C(=O)C1CCC2(CCN(C(=O)CCc3ncc[nH]3)CC2)C1. The number of piperidine rings is 1. The number of benzene rings is 1. The van der Waals surface area contributed by atoms with E-state index >= 15 is 0 Å². The molecule has 2 amide bonds. The van der Waals surface area contributed by atoms with E-state index in [1.54, 1.807) is 12.4 Å². The van der Waals surface area contributed by atoms with Gasteiger partial charge in [0, 0.05) is 57.8 Å². The number of carbonyl (C=O) groups is 2. The van der Waals surface area contributed by atoms with E-state index in [-0.39, 0.29) is 23.1 Å². The Hall–Kier alpha value is -2.63. The van der Waals surface area contributed by atoms with Crippen LogP contribution in [0.25, 0.3) is 0 Å². The summed E-state index contributed by atoms with van der Waals surface area (Å²) in [6.07, 6.45) is 9.78. The minimum Gasteiger partial charge on any atom is -0.349 e. The maximum absolute atomic E-state index is 13.0. The minimum atomic E-state index is 0.125. The van der Waals surface area contributed by atoms with Crippen molar-refractivity contribution >= 4 is 11.8 Å².